The summed E-state index contributed by atoms with van der Waals surface area (Å²) in [5.41, 5.74) is 4.08. The topological polar surface area (TPSA) is 44.0 Å². The molecule has 0 aromatic heterocycles. The van der Waals surface area contributed by atoms with Crippen LogP contribution in [0.25, 0.3) is 22.3 Å². The van der Waals surface area contributed by atoms with Crippen molar-refractivity contribution in [2.75, 3.05) is 0 Å². The molecule has 0 aliphatic heterocycles. The van der Waals surface area contributed by atoms with Gasteiger partial charge < -0.3 is 5.11 Å². The number of phenolic OH excluding ortho intramolecular Hbond substituents is 1. The van der Waals surface area contributed by atoms with Crippen LogP contribution in [0.5, 0.6) is 5.75 Å². The number of hydrogen-bond donors (Lipinski definition) is 1. The predicted molar refractivity (Wildman–Crippen MR) is 83.7 cm³/mol. The van der Waals surface area contributed by atoms with Gasteiger partial charge in [-0.25, -0.2) is 0 Å². The van der Waals surface area contributed by atoms with E-state index in [1.54, 1.807) is 12.1 Å². The average molecular weight is 271 g/mol. The van der Waals surface area contributed by atoms with E-state index in [2.05, 4.69) is 6.07 Å². The molecule has 0 saturated carbocycles. The Bertz CT molecular complexity index is 816. The van der Waals surface area contributed by atoms with E-state index in [1.165, 1.54) is 0 Å². The second kappa shape index (κ2) is 5.52. The van der Waals surface area contributed by atoms with Gasteiger partial charge in [0.25, 0.3) is 0 Å². The third-order valence-corrected chi connectivity index (χ3v) is 3.44. The summed E-state index contributed by atoms with van der Waals surface area (Å²) in [5.74, 6) is 0.217. The molecular weight excluding hydrogens is 258 g/mol. The summed E-state index contributed by atoms with van der Waals surface area (Å²) in [5, 5.41) is 19.3. The van der Waals surface area contributed by atoms with Gasteiger partial charge in [-0.3, -0.25) is 0 Å². The van der Waals surface area contributed by atoms with Crippen molar-refractivity contribution in [2.24, 2.45) is 0 Å². The molecule has 3 rings (SSSR count). The standard InChI is InChI=1S/C19H13NO/c20-13-16-12-15(18-8-4-5-9-19(18)21)10-11-17(16)14-6-2-1-3-7-14/h1-12,21H. The lowest BCUT2D eigenvalue weighted by atomic mass is 9.95. The van der Waals surface area contributed by atoms with Gasteiger partial charge in [-0.1, -0.05) is 60.7 Å². The van der Waals surface area contributed by atoms with Crippen LogP contribution in [-0.4, -0.2) is 5.11 Å². The van der Waals surface area contributed by atoms with Crippen LogP contribution >= 0.6 is 0 Å². The number of rotatable bonds is 2. The van der Waals surface area contributed by atoms with Crippen molar-refractivity contribution in [3.05, 3.63) is 78.4 Å². The molecule has 0 bridgehead atoms. The number of para-hydroxylation sites is 1. The lowest BCUT2D eigenvalue weighted by molar-refractivity contribution is 0.477. The molecule has 0 fully saturated rings. The molecule has 0 saturated heterocycles. The van der Waals surface area contributed by atoms with Crippen LogP contribution in [0.3, 0.4) is 0 Å². The average Bonchev–Trinajstić information content (AvgIpc) is 2.55. The fraction of sp³-hybridized carbons (Fsp3) is 0. The first-order valence-corrected chi connectivity index (χ1v) is 6.67. The molecule has 0 heterocycles. The van der Waals surface area contributed by atoms with Gasteiger partial charge >= 0.3 is 0 Å². The third kappa shape index (κ3) is 2.50. The Balaban J connectivity index is 2.13. The Hall–Kier alpha value is -3.05. The highest BCUT2D eigenvalue weighted by molar-refractivity contribution is 5.78. The lowest BCUT2D eigenvalue weighted by Crippen LogP contribution is -1.87. The summed E-state index contributed by atoms with van der Waals surface area (Å²) < 4.78 is 0. The molecule has 1 N–H and O–H groups in total. The van der Waals surface area contributed by atoms with E-state index >= 15 is 0 Å². The molecule has 0 spiro atoms. The van der Waals surface area contributed by atoms with Crippen molar-refractivity contribution in [2.45, 2.75) is 0 Å². The summed E-state index contributed by atoms with van der Waals surface area (Å²) in [4.78, 5) is 0. The highest BCUT2D eigenvalue weighted by Gasteiger charge is 2.09. The SMILES string of the molecule is N#Cc1cc(-c2ccccc2O)ccc1-c1ccccc1. The largest absolute Gasteiger partial charge is 0.507 e. The number of benzene rings is 3. The fourth-order valence-corrected chi connectivity index (χ4v) is 2.39. The van der Waals surface area contributed by atoms with E-state index in [0.717, 1.165) is 22.3 Å². The second-order valence-corrected chi connectivity index (χ2v) is 4.76. The van der Waals surface area contributed by atoms with Crippen molar-refractivity contribution in [1.29, 1.82) is 5.26 Å². The molecule has 3 aromatic carbocycles. The summed E-state index contributed by atoms with van der Waals surface area (Å²) in [7, 11) is 0. The van der Waals surface area contributed by atoms with Gasteiger partial charge in [-0.2, -0.15) is 5.26 Å². The van der Waals surface area contributed by atoms with Crippen LogP contribution in [0.4, 0.5) is 0 Å². The number of nitriles is 1. The minimum Gasteiger partial charge on any atom is -0.507 e. The van der Waals surface area contributed by atoms with Gasteiger partial charge in [0.1, 0.15) is 5.75 Å². The normalized spacial score (nSPS) is 10.0. The highest BCUT2D eigenvalue weighted by atomic mass is 16.3. The number of phenols is 1. The van der Waals surface area contributed by atoms with E-state index in [1.807, 2.05) is 60.7 Å². The Morgan fingerprint density at radius 3 is 2.14 bits per heavy atom. The van der Waals surface area contributed by atoms with E-state index in [-0.39, 0.29) is 5.75 Å². The van der Waals surface area contributed by atoms with Gasteiger partial charge in [0.2, 0.25) is 0 Å². The Morgan fingerprint density at radius 1 is 0.714 bits per heavy atom. The number of hydrogen-bond acceptors (Lipinski definition) is 2. The Labute approximate surface area is 123 Å². The van der Waals surface area contributed by atoms with Crippen LogP contribution in [0.1, 0.15) is 5.56 Å². The first-order chi connectivity index (χ1) is 10.3. The number of aromatic hydroxyl groups is 1. The molecule has 21 heavy (non-hydrogen) atoms. The Morgan fingerprint density at radius 2 is 1.43 bits per heavy atom. The third-order valence-electron chi connectivity index (χ3n) is 3.44. The van der Waals surface area contributed by atoms with Crippen molar-refractivity contribution < 1.29 is 5.11 Å². The molecule has 0 amide bonds. The quantitative estimate of drug-likeness (QED) is 0.740. The minimum atomic E-state index is 0.217. The minimum absolute atomic E-state index is 0.217. The van der Waals surface area contributed by atoms with Crippen LogP contribution in [-0.2, 0) is 0 Å². The summed E-state index contributed by atoms with van der Waals surface area (Å²) >= 11 is 0. The molecule has 0 aliphatic rings. The maximum atomic E-state index is 9.93. The summed E-state index contributed by atoms with van der Waals surface area (Å²) in [6.07, 6.45) is 0. The molecular formula is C19H13NO. The van der Waals surface area contributed by atoms with Crippen LogP contribution in [0.15, 0.2) is 72.8 Å². The zero-order valence-electron chi connectivity index (χ0n) is 11.3. The molecule has 0 unspecified atom stereocenters. The molecule has 0 atom stereocenters. The highest BCUT2D eigenvalue weighted by Crippen LogP contribution is 2.32. The van der Waals surface area contributed by atoms with Gasteiger partial charge in [-0.05, 0) is 28.8 Å². The zero-order chi connectivity index (χ0) is 14.7. The van der Waals surface area contributed by atoms with Gasteiger partial charge in [0.05, 0.1) is 11.6 Å². The first-order valence-electron chi connectivity index (χ1n) is 6.67. The van der Waals surface area contributed by atoms with Gasteiger partial charge in [-0.15, -0.1) is 0 Å². The van der Waals surface area contributed by atoms with Crippen molar-refractivity contribution in [3.63, 3.8) is 0 Å². The molecule has 2 heteroatoms. The van der Waals surface area contributed by atoms with Gasteiger partial charge in [0, 0.05) is 5.56 Å². The fourth-order valence-electron chi connectivity index (χ4n) is 2.39. The molecule has 3 aromatic rings. The van der Waals surface area contributed by atoms with E-state index in [0.29, 0.717) is 5.56 Å². The van der Waals surface area contributed by atoms with Crippen LogP contribution in [0, 0.1) is 11.3 Å². The van der Waals surface area contributed by atoms with E-state index in [9.17, 15) is 10.4 Å². The van der Waals surface area contributed by atoms with Crippen LogP contribution in [0.2, 0.25) is 0 Å². The zero-order valence-corrected chi connectivity index (χ0v) is 11.3. The van der Waals surface area contributed by atoms with Crippen molar-refractivity contribution in [1.82, 2.24) is 0 Å². The van der Waals surface area contributed by atoms with Gasteiger partial charge in [0.15, 0.2) is 0 Å². The summed E-state index contributed by atoms with van der Waals surface area (Å²) in [6, 6.07) is 24.9. The monoisotopic (exact) mass is 271 g/mol. The van der Waals surface area contributed by atoms with Crippen molar-refractivity contribution >= 4 is 0 Å². The van der Waals surface area contributed by atoms with E-state index < -0.39 is 0 Å². The second-order valence-electron chi connectivity index (χ2n) is 4.76. The van der Waals surface area contributed by atoms with Crippen LogP contribution < -0.4 is 0 Å². The smallest absolute Gasteiger partial charge is 0.123 e. The molecule has 2 nitrogen and oxygen atoms in total. The van der Waals surface area contributed by atoms with E-state index in [4.69, 9.17) is 0 Å². The summed E-state index contributed by atoms with van der Waals surface area (Å²) in [6.45, 7) is 0. The van der Waals surface area contributed by atoms with Crippen molar-refractivity contribution in [3.8, 4) is 34.1 Å². The maximum absolute atomic E-state index is 9.93. The lowest BCUT2D eigenvalue weighted by Gasteiger charge is -2.09. The Kier molecular flexibility index (Phi) is 3.41. The molecule has 100 valence electrons. The number of nitrogens with zero attached hydrogens (tertiary/aromatic N) is 1. The maximum Gasteiger partial charge on any atom is 0.123 e. The molecule has 0 aliphatic carbocycles. The molecule has 0 radical (unpaired) electrons. The predicted octanol–water partition coefficient (Wildman–Crippen LogP) is 4.60. The first kappa shape index (κ1) is 13.0.